The maximum atomic E-state index is 11.9. The molecule has 0 amide bonds. The van der Waals surface area contributed by atoms with Crippen LogP contribution in [-0.4, -0.2) is 14.2 Å². The van der Waals surface area contributed by atoms with Crippen LogP contribution in [0.25, 0.3) is 0 Å². The Hall–Kier alpha value is -0.830. The first kappa shape index (κ1) is 10.7. The van der Waals surface area contributed by atoms with E-state index in [9.17, 15) is 8.42 Å². The topological polar surface area (TPSA) is 34.1 Å². The fourth-order valence-corrected chi connectivity index (χ4v) is 4.19. The molecule has 1 aromatic carbocycles. The van der Waals surface area contributed by atoms with Gasteiger partial charge in [-0.3, -0.25) is 0 Å². The fourth-order valence-electron chi connectivity index (χ4n) is 2.22. The molecule has 2 nitrogen and oxygen atoms in total. The molecule has 0 unspecified atom stereocenters. The summed E-state index contributed by atoms with van der Waals surface area (Å²) in [6.07, 6.45) is 0.685. The van der Waals surface area contributed by atoms with Crippen LogP contribution in [0.5, 0.6) is 0 Å². The summed E-state index contributed by atoms with van der Waals surface area (Å²) in [4.78, 5) is 0.623. The lowest BCUT2D eigenvalue weighted by molar-refractivity contribution is 0.598. The third-order valence-corrected chi connectivity index (χ3v) is 4.92. The van der Waals surface area contributed by atoms with E-state index in [2.05, 4.69) is 0 Å². The van der Waals surface area contributed by atoms with Gasteiger partial charge in [-0.05, 0) is 36.0 Å². The van der Waals surface area contributed by atoms with Crippen molar-refractivity contribution in [3.8, 4) is 0 Å². The van der Waals surface area contributed by atoms with Crippen LogP contribution in [0.3, 0.4) is 0 Å². The Labute approximate surface area is 91.2 Å². The molecule has 3 heteroatoms. The zero-order chi connectivity index (χ0) is 11.2. The highest BCUT2D eigenvalue weighted by atomic mass is 32.2. The average Bonchev–Trinajstić information content (AvgIpc) is 2.44. The molecule has 82 valence electrons. The molecule has 0 saturated carbocycles. The van der Waals surface area contributed by atoms with Crippen LogP contribution in [0.2, 0.25) is 0 Å². The highest BCUT2D eigenvalue weighted by molar-refractivity contribution is 7.91. The van der Waals surface area contributed by atoms with Gasteiger partial charge in [0, 0.05) is 0 Å². The molecule has 1 aliphatic rings. The van der Waals surface area contributed by atoms with Gasteiger partial charge in [-0.15, -0.1) is 0 Å². The number of benzene rings is 1. The minimum atomic E-state index is -3.00. The van der Waals surface area contributed by atoms with Gasteiger partial charge in [0.15, 0.2) is 9.84 Å². The summed E-state index contributed by atoms with van der Waals surface area (Å²) < 4.78 is 23.9. The van der Waals surface area contributed by atoms with E-state index in [0.717, 1.165) is 16.7 Å². The molecule has 0 bridgehead atoms. The summed E-state index contributed by atoms with van der Waals surface area (Å²) >= 11 is 0. The van der Waals surface area contributed by atoms with Crippen molar-refractivity contribution >= 4 is 9.84 Å². The second-order valence-corrected chi connectivity index (χ2v) is 6.55. The van der Waals surface area contributed by atoms with Crippen molar-refractivity contribution in [3.05, 3.63) is 28.8 Å². The maximum Gasteiger partial charge on any atom is 0.179 e. The summed E-state index contributed by atoms with van der Waals surface area (Å²) in [5, 5.41) is 0. The van der Waals surface area contributed by atoms with Gasteiger partial charge in [-0.1, -0.05) is 26.0 Å². The zero-order valence-corrected chi connectivity index (χ0v) is 10.2. The molecule has 0 fully saturated rings. The van der Waals surface area contributed by atoms with Gasteiger partial charge in [-0.25, -0.2) is 8.42 Å². The molecule has 0 radical (unpaired) electrons. The summed E-state index contributed by atoms with van der Waals surface area (Å²) in [7, 11) is -3.00. The van der Waals surface area contributed by atoms with Crippen LogP contribution in [0, 0.1) is 6.92 Å². The van der Waals surface area contributed by atoms with E-state index in [1.54, 1.807) is 0 Å². The molecular formula is C12H16O2S. The number of rotatable bonds is 1. The van der Waals surface area contributed by atoms with E-state index in [1.807, 2.05) is 32.9 Å². The molecule has 2 rings (SSSR count). The molecule has 15 heavy (non-hydrogen) atoms. The van der Waals surface area contributed by atoms with E-state index < -0.39 is 9.84 Å². The Morgan fingerprint density at radius 3 is 2.53 bits per heavy atom. The molecule has 0 N–H and O–H groups in total. The van der Waals surface area contributed by atoms with Crippen molar-refractivity contribution in [2.24, 2.45) is 0 Å². The molecule has 0 aromatic heterocycles. The van der Waals surface area contributed by atoms with Crippen molar-refractivity contribution in [2.75, 3.05) is 5.75 Å². The van der Waals surface area contributed by atoms with Crippen LogP contribution in [-0.2, 0) is 16.3 Å². The smallest absolute Gasteiger partial charge is 0.179 e. The Balaban J connectivity index is 2.79. The Morgan fingerprint density at radius 2 is 1.93 bits per heavy atom. The van der Waals surface area contributed by atoms with Gasteiger partial charge < -0.3 is 0 Å². The van der Waals surface area contributed by atoms with Gasteiger partial charge in [0.25, 0.3) is 0 Å². The lowest BCUT2D eigenvalue weighted by Crippen LogP contribution is -2.04. The van der Waals surface area contributed by atoms with Gasteiger partial charge in [0.1, 0.15) is 0 Å². The minimum Gasteiger partial charge on any atom is -0.224 e. The van der Waals surface area contributed by atoms with E-state index in [4.69, 9.17) is 0 Å². The van der Waals surface area contributed by atoms with Gasteiger partial charge >= 0.3 is 0 Å². The molecular weight excluding hydrogens is 208 g/mol. The van der Waals surface area contributed by atoms with Crippen LogP contribution in [0.15, 0.2) is 17.0 Å². The molecule has 0 aliphatic carbocycles. The number of aryl methyl sites for hydroxylation is 1. The lowest BCUT2D eigenvalue weighted by atomic mass is 9.97. The molecule has 0 saturated heterocycles. The summed E-state index contributed by atoms with van der Waals surface area (Å²) in [6, 6.07) is 4.00. The van der Waals surface area contributed by atoms with Crippen molar-refractivity contribution in [3.63, 3.8) is 0 Å². The van der Waals surface area contributed by atoms with Crippen molar-refractivity contribution in [1.82, 2.24) is 0 Å². The summed E-state index contributed by atoms with van der Waals surface area (Å²) in [5.74, 6) is 0.555. The van der Waals surface area contributed by atoms with Crippen LogP contribution >= 0.6 is 0 Å². The normalized spacial score (nSPS) is 18.1. The molecule has 1 aromatic rings. The van der Waals surface area contributed by atoms with Crippen LogP contribution < -0.4 is 0 Å². The summed E-state index contributed by atoms with van der Waals surface area (Å²) in [5.41, 5.74) is 3.13. The number of hydrogen-bond acceptors (Lipinski definition) is 2. The van der Waals surface area contributed by atoms with Crippen molar-refractivity contribution in [2.45, 2.75) is 38.0 Å². The van der Waals surface area contributed by atoms with E-state index >= 15 is 0 Å². The Morgan fingerprint density at radius 1 is 1.27 bits per heavy atom. The third-order valence-electron chi connectivity index (χ3n) is 3.08. The number of fused-ring (bicyclic) bond motifs is 1. The third kappa shape index (κ3) is 1.59. The van der Waals surface area contributed by atoms with E-state index in [1.165, 1.54) is 0 Å². The van der Waals surface area contributed by atoms with Crippen molar-refractivity contribution < 1.29 is 8.42 Å². The monoisotopic (exact) mass is 224 g/mol. The maximum absolute atomic E-state index is 11.9. The minimum absolute atomic E-state index is 0.271. The van der Waals surface area contributed by atoms with Gasteiger partial charge in [-0.2, -0.15) is 0 Å². The first-order chi connectivity index (χ1) is 6.93. The van der Waals surface area contributed by atoms with Gasteiger partial charge in [0.2, 0.25) is 0 Å². The second kappa shape index (κ2) is 3.34. The first-order valence-electron chi connectivity index (χ1n) is 5.28. The average molecular weight is 224 g/mol. The SMILES string of the molecule is Cc1ccc(C(C)C)c2c1CCS2(=O)=O. The predicted molar refractivity (Wildman–Crippen MR) is 61.0 cm³/mol. The number of sulfone groups is 1. The second-order valence-electron chi connectivity index (χ2n) is 4.50. The van der Waals surface area contributed by atoms with E-state index in [0.29, 0.717) is 11.3 Å². The quantitative estimate of drug-likeness (QED) is 0.734. The zero-order valence-electron chi connectivity index (χ0n) is 9.37. The predicted octanol–water partition coefficient (Wildman–Crippen LogP) is 2.45. The fraction of sp³-hybridized carbons (Fsp3) is 0.500. The molecule has 1 aliphatic heterocycles. The standard InChI is InChI=1S/C12H16O2S/c1-8(2)10-5-4-9(3)11-6-7-15(13,14)12(10)11/h4-5,8H,6-7H2,1-3H3. The van der Waals surface area contributed by atoms with E-state index in [-0.39, 0.29) is 11.7 Å². The Kier molecular flexibility index (Phi) is 2.38. The highest BCUT2D eigenvalue weighted by Crippen LogP contribution is 2.35. The van der Waals surface area contributed by atoms with Crippen LogP contribution in [0.1, 0.15) is 36.5 Å². The van der Waals surface area contributed by atoms with Crippen molar-refractivity contribution in [1.29, 1.82) is 0 Å². The van der Waals surface area contributed by atoms with Crippen LogP contribution in [0.4, 0.5) is 0 Å². The molecule has 1 heterocycles. The number of hydrogen-bond donors (Lipinski definition) is 0. The first-order valence-corrected chi connectivity index (χ1v) is 6.94. The molecule has 0 spiro atoms. The lowest BCUT2D eigenvalue weighted by Gasteiger charge is -2.12. The highest BCUT2D eigenvalue weighted by Gasteiger charge is 2.30. The Bertz CT molecular complexity index is 499. The summed E-state index contributed by atoms with van der Waals surface area (Å²) in [6.45, 7) is 6.07. The van der Waals surface area contributed by atoms with Gasteiger partial charge in [0.05, 0.1) is 10.6 Å². The molecule has 0 atom stereocenters. The largest absolute Gasteiger partial charge is 0.224 e.